The highest BCUT2D eigenvalue weighted by Crippen LogP contribution is 2.25. The van der Waals surface area contributed by atoms with E-state index < -0.39 is 23.0 Å². The van der Waals surface area contributed by atoms with E-state index in [0.717, 1.165) is 9.25 Å². The van der Waals surface area contributed by atoms with Crippen molar-refractivity contribution >= 4 is 0 Å². The first kappa shape index (κ1) is 15.1. The molecular formula is C15H19N3O3. The SMILES string of the molecule is C=C(C)[C@@](C)([C@H](C)O)n1[nH]c(=O)n(-c2ccccc2)c1=O. The lowest BCUT2D eigenvalue weighted by Crippen LogP contribution is -2.48. The third kappa shape index (κ3) is 2.27. The molecule has 0 aliphatic heterocycles. The molecule has 0 aliphatic rings. The normalized spacial score (nSPS) is 15.4. The number of nitrogens with zero attached hydrogens (tertiary/aromatic N) is 2. The van der Waals surface area contributed by atoms with Gasteiger partial charge in [-0.25, -0.2) is 23.9 Å². The van der Waals surface area contributed by atoms with Crippen molar-refractivity contribution in [2.75, 3.05) is 0 Å². The highest BCUT2D eigenvalue weighted by molar-refractivity contribution is 5.30. The molecule has 112 valence electrons. The van der Waals surface area contributed by atoms with Crippen molar-refractivity contribution < 1.29 is 5.11 Å². The predicted molar refractivity (Wildman–Crippen MR) is 80.8 cm³/mol. The maximum atomic E-state index is 12.6. The van der Waals surface area contributed by atoms with Crippen molar-refractivity contribution in [1.29, 1.82) is 0 Å². The number of aromatic amines is 1. The van der Waals surface area contributed by atoms with Gasteiger partial charge in [0.05, 0.1) is 11.8 Å². The number of aliphatic hydroxyl groups excluding tert-OH is 1. The number of H-pyrrole nitrogens is 1. The van der Waals surface area contributed by atoms with Gasteiger partial charge in [0.15, 0.2) is 0 Å². The number of hydrogen-bond donors (Lipinski definition) is 2. The summed E-state index contributed by atoms with van der Waals surface area (Å²) in [4.78, 5) is 24.7. The first-order valence-corrected chi connectivity index (χ1v) is 6.64. The zero-order valence-electron chi connectivity index (χ0n) is 12.3. The van der Waals surface area contributed by atoms with E-state index in [4.69, 9.17) is 0 Å². The number of hydrogen-bond acceptors (Lipinski definition) is 3. The zero-order chi connectivity index (χ0) is 15.8. The first-order chi connectivity index (χ1) is 9.80. The van der Waals surface area contributed by atoms with E-state index in [1.807, 2.05) is 0 Å². The molecule has 0 amide bonds. The summed E-state index contributed by atoms with van der Waals surface area (Å²) < 4.78 is 2.17. The number of aromatic nitrogens is 3. The molecule has 2 aromatic rings. The van der Waals surface area contributed by atoms with Gasteiger partial charge in [-0.15, -0.1) is 0 Å². The lowest BCUT2D eigenvalue weighted by atomic mass is 9.89. The van der Waals surface area contributed by atoms with Gasteiger partial charge in [-0.05, 0) is 32.9 Å². The van der Waals surface area contributed by atoms with Crippen LogP contribution in [0.15, 0.2) is 52.1 Å². The molecule has 6 heteroatoms. The van der Waals surface area contributed by atoms with E-state index >= 15 is 0 Å². The second-order valence-corrected chi connectivity index (χ2v) is 5.31. The third-order valence-corrected chi connectivity index (χ3v) is 3.95. The number of para-hydroxylation sites is 1. The average molecular weight is 289 g/mol. The lowest BCUT2D eigenvalue weighted by molar-refractivity contribution is 0.0740. The van der Waals surface area contributed by atoms with Crippen LogP contribution in [-0.4, -0.2) is 25.6 Å². The molecule has 2 N–H and O–H groups in total. The molecule has 2 rings (SSSR count). The van der Waals surface area contributed by atoms with Crippen molar-refractivity contribution in [3.63, 3.8) is 0 Å². The molecule has 0 unspecified atom stereocenters. The maximum Gasteiger partial charge on any atom is 0.352 e. The van der Waals surface area contributed by atoms with E-state index in [0.29, 0.717) is 11.3 Å². The fourth-order valence-electron chi connectivity index (χ4n) is 2.23. The molecule has 0 aliphatic carbocycles. The first-order valence-electron chi connectivity index (χ1n) is 6.64. The molecule has 0 saturated carbocycles. The summed E-state index contributed by atoms with van der Waals surface area (Å²) in [7, 11) is 0. The Morgan fingerprint density at radius 2 is 1.90 bits per heavy atom. The van der Waals surface area contributed by atoms with Gasteiger partial charge in [-0.1, -0.05) is 30.4 Å². The van der Waals surface area contributed by atoms with Gasteiger partial charge in [0.1, 0.15) is 5.54 Å². The molecule has 0 spiro atoms. The van der Waals surface area contributed by atoms with Crippen LogP contribution in [0.3, 0.4) is 0 Å². The maximum absolute atomic E-state index is 12.6. The molecular weight excluding hydrogens is 270 g/mol. The van der Waals surface area contributed by atoms with E-state index in [1.54, 1.807) is 51.1 Å². The van der Waals surface area contributed by atoms with Crippen molar-refractivity contribution in [3.05, 3.63) is 63.5 Å². The van der Waals surface area contributed by atoms with Gasteiger partial charge in [0, 0.05) is 0 Å². The summed E-state index contributed by atoms with van der Waals surface area (Å²) in [6.07, 6.45) is -0.894. The van der Waals surface area contributed by atoms with Gasteiger partial charge < -0.3 is 5.11 Å². The van der Waals surface area contributed by atoms with Crippen molar-refractivity contribution in [1.82, 2.24) is 14.3 Å². The summed E-state index contributed by atoms with van der Waals surface area (Å²) in [6, 6.07) is 8.62. The quantitative estimate of drug-likeness (QED) is 0.824. The number of benzene rings is 1. The summed E-state index contributed by atoms with van der Waals surface area (Å²) in [5.74, 6) is 0. The van der Waals surface area contributed by atoms with E-state index in [-0.39, 0.29) is 0 Å². The Balaban J connectivity index is 2.74. The molecule has 0 radical (unpaired) electrons. The largest absolute Gasteiger partial charge is 0.391 e. The summed E-state index contributed by atoms with van der Waals surface area (Å²) in [5, 5.41) is 12.5. The van der Waals surface area contributed by atoms with Crippen LogP contribution in [0, 0.1) is 0 Å². The zero-order valence-corrected chi connectivity index (χ0v) is 12.3. The Kier molecular flexibility index (Phi) is 3.74. The minimum atomic E-state index is -1.09. The van der Waals surface area contributed by atoms with Crippen LogP contribution in [-0.2, 0) is 5.54 Å². The molecule has 6 nitrogen and oxygen atoms in total. The molecule has 1 heterocycles. The smallest absolute Gasteiger partial charge is 0.352 e. The summed E-state index contributed by atoms with van der Waals surface area (Å²) >= 11 is 0. The fourth-order valence-corrected chi connectivity index (χ4v) is 2.23. The van der Waals surface area contributed by atoms with Crippen molar-refractivity contribution in [3.8, 4) is 5.69 Å². The van der Waals surface area contributed by atoms with Gasteiger partial charge in [-0.3, -0.25) is 0 Å². The second-order valence-electron chi connectivity index (χ2n) is 5.31. The molecule has 0 fully saturated rings. The van der Waals surface area contributed by atoms with E-state index in [9.17, 15) is 14.7 Å². The van der Waals surface area contributed by atoms with Crippen LogP contribution in [0.5, 0.6) is 0 Å². The summed E-state index contributed by atoms with van der Waals surface area (Å²) in [6.45, 7) is 8.75. The third-order valence-electron chi connectivity index (χ3n) is 3.95. The van der Waals surface area contributed by atoms with Crippen molar-refractivity contribution in [2.45, 2.75) is 32.4 Å². The van der Waals surface area contributed by atoms with Crippen LogP contribution < -0.4 is 11.4 Å². The molecule has 2 atom stereocenters. The number of nitrogens with one attached hydrogen (secondary N) is 1. The fraction of sp³-hybridized carbons (Fsp3) is 0.333. The van der Waals surface area contributed by atoms with Gasteiger partial charge in [0.2, 0.25) is 0 Å². The Hall–Kier alpha value is -2.34. The minimum Gasteiger partial charge on any atom is -0.391 e. The number of aliphatic hydroxyl groups is 1. The molecule has 0 bridgehead atoms. The molecule has 0 saturated heterocycles. The van der Waals surface area contributed by atoms with Crippen LogP contribution >= 0.6 is 0 Å². The number of rotatable bonds is 4. The molecule has 21 heavy (non-hydrogen) atoms. The minimum absolute atomic E-state index is 0.470. The monoisotopic (exact) mass is 289 g/mol. The highest BCUT2D eigenvalue weighted by atomic mass is 16.3. The van der Waals surface area contributed by atoms with Crippen LogP contribution in [0.4, 0.5) is 0 Å². The van der Waals surface area contributed by atoms with Crippen LogP contribution in [0.1, 0.15) is 20.8 Å². The van der Waals surface area contributed by atoms with Gasteiger partial charge >= 0.3 is 11.4 Å². The summed E-state index contributed by atoms with van der Waals surface area (Å²) in [5.41, 5.74) is -1.15. The highest BCUT2D eigenvalue weighted by Gasteiger charge is 2.36. The molecule has 1 aromatic heterocycles. The van der Waals surface area contributed by atoms with E-state index in [1.165, 1.54) is 0 Å². The standard InChI is InChI=1S/C15H19N3O3/c1-10(2)15(4,11(3)19)18-14(21)17(13(20)16-18)12-8-6-5-7-9-12/h5-9,11,19H,1H2,2-4H3,(H,16,20)/t11-,15-/m0/s1. The topological polar surface area (TPSA) is 80.0 Å². The Bertz CT molecular complexity index is 767. The Morgan fingerprint density at radius 1 is 1.33 bits per heavy atom. The van der Waals surface area contributed by atoms with Gasteiger partial charge in [0.25, 0.3) is 0 Å². The predicted octanol–water partition coefficient (Wildman–Crippen LogP) is 0.999. The van der Waals surface area contributed by atoms with Crippen LogP contribution in [0.2, 0.25) is 0 Å². The van der Waals surface area contributed by atoms with Crippen molar-refractivity contribution in [2.24, 2.45) is 0 Å². The second kappa shape index (κ2) is 5.21. The lowest BCUT2D eigenvalue weighted by Gasteiger charge is -2.33. The van der Waals surface area contributed by atoms with E-state index in [2.05, 4.69) is 11.7 Å². The average Bonchev–Trinajstić information content (AvgIpc) is 2.73. The Labute approximate surface area is 122 Å². The van der Waals surface area contributed by atoms with Crippen LogP contribution in [0.25, 0.3) is 5.69 Å². The van der Waals surface area contributed by atoms with Gasteiger partial charge in [-0.2, -0.15) is 0 Å². The Morgan fingerprint density at radius 3 is 2.38 bits per heavy atom. The molecule has 1 aromatic carbocycles.